The molecule has 0 unspecified atom stereocenters. The van der Waals surface area contributed by atoms with Crippen molar-refractivity contribution in [2.75, 3.05) is 19.6 Å². The minimum Gasteiger partial charge on any atom is -0.274 e. The fourth-order valence-corrected chi connectivity index (χ4v) is 6.20. The van der Waals surface area contributed by atoms with Crippen LogP contribution >= 0.6 is 11.6 Å². The molecule has 2 aliphatic heterocycles. The SMILES string of the molecule is O=C1c2cccc3c(Cl)ccc(c23)C(=O)N1CCc1ccc(S(=O)(=O)N2CCCC2)cc1. The summed E-state index contributed by atoms with van der Waals surface area (Å²) in [4.78, 5) is 27.6. The second-order valence-corrected chi connectivity index (χ2v) is 10.4. The van der Waals surface area contributed by atoms with Crippen LogP contribution in [0.25, 0.3) is 10.8 Å². The first kappa shape index (κ1) is 21.1. The van der Waals surface area contributed by atoms with Crippen molar-refractivity contribution in [2.24, 2.45) is 0 Å². The molecule has 164 valence electrons. The van der Waals surface area contributed by atoms with E-state index in [9.17, 15) is 18.0 Å². The van der Waals surface area contributed by atoms with E-state index in [0.29, 0.717) is 46.4 Å². The predicted molar refractivity (Wildman–Crippen MR) is 122 cm³/mol. The van der Waals surface area contributed by atoms with Gasteiger partial charge in [0.2, 0.25) is 10.0 Å². The van der Waals surface area contributed by atoms with E-state index in [1.54, 1.807) is 54.6 Å². The van der Waals surface area contributed by atoms with Gasteiger partial charge in [0.05, 0.1) is 4.90 Å². The molecule has 6 nitrogen and oxygen atoms in total. The highest BCUT2D eigenvalue weighted by Gasteiger charge is 2.33. The number of imide groups is 1. The Bertz CT molecular complexity index is 1320. The molecule has 2 amide bonds. The molecule has 0 aliphatic carbocycles. The van der Waals surface area contributed by atoms with Crippen LogP contribution in [0.2, 0.25) is 5.02 Å². The van der Waals surface area contributed by atoms with Gasteiger partial charge in [-0.3, -0.25) is 14.5 Å². The fraction of sp³-hybridized carbons (Fsp3) is 0.250. The van der Waals surface area contributed by atoms with Gasteiger partial charge in [0.1, 0.15) is 0 Å². The molecule has 8 heteroatoms. The van der Waals surface area contributed by atoms with Crippen molar-refractivity contribution in [3.63, 3.8) is 0 Å². The van der Waals surface area contributed by atoms with Crippen LogP contribution in [0, 0.1) is 0 Å². The zero-order valence-electron chi connectivity index (χ0n) is 17.3. The molecule has 0 spiro atoms. The number of rotatable bonds is 5. The van der Waals surface area contributed by atoms with E-state index in [1.165, 1.54) is 9.21 Å². The van der Waals surface area contributed by atoms with Crippen LogP contribution in [0.5, 0.6) is 0 Å². The van der Waals surface area contributed by atoms with E-state index in [4.69, 9.17) is 11.6 Å². The second-order valence-electron chi connectivity index (χ2n) is 8.09. The van der Waals surface area contributed by atoms with Crippen molar-refractivity contribution in [3.8, 4) is 0 Å². The minimum absolute atomic E-state index is 0.203. The number of hydrogen-bond acceptors (Lipinski definition) is 4. The first-order valence-corrected chi connectivity index (χ1v) is 12.4. The van der Waals surface area contributed by atoms with E-state index in [1.807, 2.05) is 0 Å². The van der Waals surface area contributed by atoms with Gasteiger partial charge in [-0.1, -0.05) is 35.9 Å². The summed E-state index contributed by atoms with van der Waals surface area (Å²) in [5.74, 6) is -0.688. The monoisotopic (exact) mass is 468 g/mol. The molecular weight excluding hydrogens is 448 g/mol. The molecule has 3 aromatic carbocycles. The molecule has 1 fully saturated rings. The lowest BCUT2D eigenvalue weighted by molar-refractivity contribution is 0.0612. The average molecular weight is 469 g/mol. The Morgan fingerprint density at radius 3 is 2.19 bits per heavy atom. The highest BCUT2D eigenvalue weighted by Crippen LogP contribution is 2.34. The number of sulfonamides is 1. The zero-order chi connectivity index (χ0) is 22.5. The Morgan fingerprint density at radius 2 is 1.50 bits per heavy atom. The molecule has 2 heterocycles. The standard InChI is InChI=1S/C24H21ClN2O4S/c25-21-11-10-20-22-18(21)4-3-5-19(22)23(28)27(24(20)29)15-12-16-6-8-17(9-7-16)32(30,31)26-13-1-2-14-26/h3-11H,1-2,12-15H2. The van der Waals surface area contributed by atoms with Crippen LogP contribution in [0.3, 0.4) is 0 Å². The van der Waals surface area contributed by atoms with Gasteiger partial charge in [0, 0.05) is 46.6 Å². The first-order valence-electron chi connectivity index (χ1n) is 10.5. The molecular formula is C24H21ClN2O4S. The summed E-state index contributed by atoms with van der Waals surface area (Å²) in [6, 6.07) is 15.3. The highest BCUT2D eigenvalue weighted by molar-refractivity contribution is 7.89. The van der Waals surface area contributed by atoms with Crippen molar-refractivity contribution >= 4 is 44.2 Å². The third-order valence-electron chi connectivity index (χ3n) is 6.19. The molecule has 0 aromatic heterocycles. The largest absolute Gasteiger partial charge is 0.274 e. The molecule has 0 radical (unpaired) electrons. The maximum atomic E-state index is 13.1. The number of hydrogen-bond donors (Lipinski definition) is 0. The maximum Gasteiger partial charge on any atom is 0.261 e. The number of benzene rings is 3. The van der Waals surface area contributed by atoms with E-state index in [0.717, 1.165) is 18.4 Å². The third-order valence-corrected chi connectivity index (χ3v) is 8.43. The molecule has 2 aliphatic rings. The summed E-state index contributed by atoms with van der Waals surface area (Å²) in [5, 5.41) is 1.80. The van der Waals surface area contributed by atoms with E-state index in [-0.39, 0.29) is 23.3 Å². The normalized spacial score (nSPS) is 16.8. The van der Waals surface area contributed by atoms with Gasteiger partial charge < -0.3 is 0 Å². The van der Waals surface area contributed by atoms with Gasteiger partial charge in [-0.05, 0) is 55.2 Å². The number of halogens is 1. The van der Waals surface area contributed by atoms with Crippen LogP contribution in [0.4, 0.5) is 0 Å². The van der Waals surface area contributed by atoms with E-state index < -0.39 is 10.0 Å². The number of carbonyl (C=O) groups is 2. The molecule has 0 N–H and O–H groups in total. The van der Waals surface area contributed by atoms with Gasteiger partial charge in [0.15, 0.2) is 0 Å². The van der Waals surface area contributed by atoms with Crippen LogP contribution in [-0.4, -0.2) is 49.1 Å². The van der Waals surface area contributed by atoms with Crippen molar-refractivity contribution in [3.05, 3.63) is 76.3 Å². The number of nitrogens with zero attached hydrogens (tertiary/aromatic N) is 2. The zero-order valence-corrected chi connectivity index (χ0v) is 18.8. The second kappa shape index (κ2) is 7.99. The van der Waals surface area contributed by atoms with Crippen molar-refractivity contribution in [2.45, 2.75) is 24.2 Å². The van der Waals surface area contributed by atoms with Crippen LogP contribution in [0.15, 0.2) is 59.5 Å². The summed E-state index contributed by atoms with van der Waals surface area (Å²) < 4.78 is 26.9. The molecule has 32 heavy (non-hydrogen) atoms. The lowest BCUT2D eigenvalue weighted by Gasteiger charge is -2.27. The highest BCUT2D eigenvalue weighted by atomic mass is 35.5. The fourth-order valence-electron chi connectivity index (χ4n) is 4.46. The molecule has 5 rings (SSSR count). The van der Waals surface area contributed by atoms with E-state index in [2.05, 4.69) is 0 Å². The molecule has 3 aromatic rings. The molecule has 0 atom stereocenters. The quantitative estimate of drug-likeness (QED) is 0.528. The lowest BCUT2D eigenvalue weighted by atomic mass is 9.94. The van der Waals surface area contributed by atoms with Gasteiger partial charge in [0.25, 0.3) is 11.8 Å². The van der Waals surface area contributed by atoms with Crippen molar-refractivity contribution < 1.29 is 18.0 Å². The summed E-state index contributed by atoms with van der Waals surface area (Å²) in [6.07, 6.45) is 2.21. The summed E-state index contributed by atoms with van der Waals surface area (Å²) >= 11 is 6.26. The molecule has 0 bridgehead atoms. The lowest BCUT2D eigenvalue weighted by Crippen LogP contribution is -2.41. The van der Waals surface area contributed by atoms with Gasteiger partial charge in [-0.15, -0.1) is 0 Å². The average Bonchev–Trinajstić information content (AvgIpc) is 3.35. The Kier molecular flexibility index (Phi) is 5.28. The predicted octanol–water partition coefficient (Wildman–Crippen LogP) is 4.12. The van der Waals surface area contributed by atoms with Crippen LogP contribution in [0.1, 0.15) is 39.1 Å². The Labute approximate surface area is 191 Å². The van der Waals surface area contributed by atoms with Gasteiger partial charge in [-0.25, -0.2) is 8.42 Å². The Hall–Kier alpha value is -2.74. The van der Waals surface area contributed by atoms with Gasteiger partial charge in [-0.2, -0.15) is 4.31 Å². The third kappa shape index (κ3) is 3.41. The van der Waals surface area contributed by atoms with Crippen LogP contribution < -0.4 is 0 Å². The van der Waals surface area contributed by atoms with Crippen molar-refractivity contribution in [1.82, 2.24) is 9.21 Å². The van der Waals surface area contributed by atoms with Crippen molar-refractivity contribution in [1.29, 1.82) is 0 Å². The summed E-state index contributed by atoms with van der Waals surface area (Å²) in [5.41, 5.74) is 1.78. The topological polar surface area (TPSA) is 74.8 Å². The van der Waals surface area contributed by atoms with Crippen LogP contribution in [-0.2, 0) is 16.4 Å². The number of amides is 2. The summed E-state index contributed by atoms with van der Waals surface area (Å²) in [7, 11) is -3.46. The minimum atomic E-state index is -3.46. The Morgan fingerprint density at radius 1 is 0.844 bits per heavy atom. The first-order chi connectivity index (χ1) is 15.4. The molecule has 1 saturated heterocycles. The Balaban J connectivity index is 1.36. The maximum absolute atomic E-state index is 13.1. The van der Waals surface area contributed by atoms with Gasteiger partial charge >= 0.3 is 0 Å². The number of carbonyl (C=O) groups excluding carboxylic acids is 2. The smallest absolute Gasteiger partial charge is 0.261 e. The van der Waals surface area contributed by atoms with E-state index >= 15 is 0 Å². The molecule has 0 saturated carbocycles. The summed E-state index contributed by atoms with van der Waals surface area (Å²) in [6.45, 7) is 1.32.